The monoisotopic (exact) mass is 219 g/mol. The van der Waals surface area contributed by atoms with Crippen LogP contribution in [0, 0.1) is 11.3 Å². The van der Waals surface area contributed by atoms with Crippen LogP contribution in [0.3, 0.4) is 0 Å². The number of hydrogen-bond acceptors (Lipinski definition) is 4. The minimum absolute atomic E-state index is 0.0785. The van der Waals surface area contributed by atoms with E-state index < -0.39 is 0 Å². The molecule has 0 saturated carbocycles. The van der Waals surface area contributed by atoms with Gasteiger partial charge < -0.3 is 10.1 Å². The Morgan fingerprint density at radius 3 is 2.94 bits per heavy atom. The van der Waals surface area contributed by atoms with Crippen LogP contribution in [0.1, 0.15) is 25.1 Å². The van der Waals surface area contributed by atoms with Crippen LogP contribution in [0.5, 0.6) is 0 Å². The Labute approximate surface area is 96.3 Å². The number of nitrogens with zero attached hydrogens (tertiary/aromatic N) is 2. The molecule has 1 heterocycles. The second-order valence-electron chi connectivity index (χ2n) is 4.33. The highest BCUT2D eigenvalue weighted by Crippen LogP contribution is 2.06. The molecule has 4 nitrogen and oxygen atoms in total. The van der Waals surface area contributed by atoms with Crippen LogP contribution in [0.25, 0.3) is 0 Å². The van der Waals surface area contributed by atoms with Gasteiger partial charge in [0.1, 0.15) is 11.8 Å². The molecule has 0 spiro atoms. The van der Waals surface area contributed by atoms with Crippen molar-refractivity contribution in [2.24, 2.45) is 0 Å². The van der Waals surface area contributed by atoms with E-state index in [1.807, 2.05) is 12.1 Å². The summed E-state index contributed by atoms with van der Waals surface area (Å²) in [7, 11) is 1.68. The number of ether oxygens (including phenoxy) is 1. The van der Waals surface area contributed by atoms with Gasteiger partial charge in [-0.2, -0.15) is 5.26 Å². The van der Waals surface area contributed by atoms with Gasteiger partial charge in [0.25, 0.3) is 0 Å². The third-order valence-electron chi connectivity index (χ3n) is 2.22. The maximum absolute atomic E-state index is 8.72. The van der Waals surface area contributed by atoms with E-state index in [1.54, 1.807) is 19.4 Å². The number of rotatable bonds is 5. The van der Waals surface area contributed by atoms with Gasteiger partial charge in [-0.1, -0.05) is 0 Å². The van der Waals surface area contributed by atoms with Crippen molar-refractivity contribution < 1.29 is 4.74 Å². The Bertz CT molecular complexity index is 382. The van der Waals surface area contributed by atoms with Crippen LogP contribution < -0.4 is 5.32 Å². The Kier molecular flexibility index (Phi) is 4.41. The highest BCUT2D eigenvalue weighted by molar-refractivity contribution is 5.25. The standard InChI is InChI=1S/C12H17N3O/c1-12(2,9-16-3)15-8-10-4-5-14-11(6-10)7-13/h4-6,15H,8-9H2,1-3H3. The van der Waals surface area contributed by atoms with E-state index in [4.69, 9.17) is 10.00 Å². The van der Waals surface area contributed by atoms with Crippen molar-refractivity contribution in [2.75, 3.05) is 13.7 Å². The van der Waals surface area contributed by atoms with Crippen molar-refractivity contribution in [3.8, 4) is 6.07 Å². The fraction of sp³-hybridized carbons (Fsp3) is 0.500. The molecule has 0 aliphatic carbocycles. The van der Waals surface area contributed by atoms with Crippen molar-refractivity contribution in [2.45, 2.75) is 25.9 Å². The summed E-state index contributed by atoms with van der Waals surface area (Å²) in [5.41, 5.74) is 1.42. The average Bonchev–Trinajstić information content (AvgIpc) is 2.27. The van der Waals surface area contributed by atoms with E-state index in [0.717, 1.165) is 5.56 Å². The van der Waals surface area contributed by atoms with Gasteiger partial charge in [-0.25, -0.2) is 4.98 Å². The van der Waals surface area contributed by atoms with Crippen LogP contribution >= 0.6 is 0 Å². The molecule has 0 amide bonds. The van der Waals surface area contributed by atoms with E-state index >= 15 is 0 Å². The van der Waals surface area contributed by atoms with E-state index in [1.165, 1.54) is 0 Å². The summed E-state index contributed by atoms with van der Waals surface area (Å²) >= 11 is 0. The lowest BCUT2D eigenvalue weighted by molar-refractivity contribution is 0.128. The maximum Gasteiger partial charge on any atom is 0.140 e. The minimum atomic E-state index is -0.0785. The Morgan fingerprint density at radius 1 is 1.56 bits per heavy atom. The second-order valence-corrected chi connectivity index (χ2v) is 4.33. The first-order valence-corrected chi connectivity index (χ1v) is 5.16. The highest BCUT2D eigenvalue weighted by Gasteiger charge is 2.16. The number of nitrogens with one attached hydrogen (secondary N) is 1. The lowest BCUT2D eigenvalue weighted by Gasteiger charge is -2.25. The smallest absolute Gasteiger partial charge is 0.140 e. The quantitative estimate of drug-likeness (QED) is 0.814. The Balaban J connectivity index is 2.58. The molecule has 1 aromatic heterocycles. The van der Waals surface area contributed by atoms with Gasteiger partial charge in [0.05, 0.1) is 6.61 Å². The summed E-state index contributed by atoms with van der Waals surface area (Å²) in [5, 5.41) is 12.1. The van der Waals surface area contributed by atoms with Crippen LogP contribution in [-0.4, -0.2) is 24.2 Å². The average molecular weight is 219 g/mol. The zero-order valence-corrected chi connectivity index (χ0v) is 9.95. The molecule has 0 aliphatic heterocycles. The molecule has 16 heavy (non-hydrogen) atoms. The third-order valence-corrected chi connectivity index (χ3v) is 2.22. The summed E-state index contributed by atoms with van der Waals surface area (Å²) in [5.74, 6) is 0. The molecule has 0 saturated heterocycles. The highest BCUT2D eigenvalue weighted by atomic mass is 16.5. The zero-order valence-electron chi connectivity index (χ0n) is 9.95. The summed E-state index contributed by atoms with van der Waals surface area (Å²) in [4.78, 5) is 3.93. The first-order valence-electron chi connectivity index (χ1n) is 5.16. The molecule has 0 radical (unpaired) electrons. The van der Waals surface area contributed by atoms with Crippen LogP contribution in [0.15, 0.2) is 18.3 Å². The first kappa shape index (κ1) is 12.6. The lowest BCUT2D eigenvalue weighted by atomic mass is 10.1. The molecule has 4 heteroatoms. The second kappa shape index (κ2) is 5.59. The first-order chi connectivity index (χ1) is 7.57. The van der Waals surface area contributed by atoms with E-state index in [0.29, 0.717) is 18.8 Å². The maximum atomic E-state index is 8.72. The fourth-order valence-corrected chi connectivity index (χ4v) is 1.40. The molecular weight excluding hydrogens is 202 g/mol. The summed E-state index contributed by atoms with van der Waals surface area (Å²) in [6.07, 6.45) is 1.65. The fourth-order valence-electron chi connectivity index (χ4n) is 1.40. The van der Waals surface area contributed by atoms with Gasteiger partial charge in [-0.3, -0.25) is 0 Å². The SMILES string of the molecule is COCC(C)(C)NCc1ccnc(C#N)c1. The van der Waals surface area contributed by atoms with Crippen LogP contribution in [0.4, 0.5) is 0 Å². The van der Waals surface area contributed by atoms with Gasteiger partial charge in [-0.15, -0.1) is 0 Å². The zero-order chi connectivity index (χ0) is 12.0. The van der Waals surface area contributed by atoms with Crippen molar-refractivity contribution in [3.05, 3.63) is 29.6 Å². The van der Waals surface area contributed by atoms with Crippen LogP contribution in [-0.2, 0) is 11.3 Å². The molecule has 0 aromatic carbocycles. The molecule has 1 aromatic rings. The minimum Gasteiger partial charge on any atom is -0.383 e. The van der Waals surface area contributed by atoms with Crippen molar-refractivity contribution >= 4 is 0 Å². The largest absolute Gasteiger partial charge is 0.383 e. The Hall–Kier alpha value is -1.44. The van der Waals surface area contributed by atoms with Crippen LogP contribution in [0.2, 0.25) is 0 Å². The van der Waals surface area contributed by atoms with Gasteiger partial charge in [0, 0.05) is 25.4 Å². The van der Waals surface area contributed by atoms with Gasteiger partial charge in [0.15, 0.2) is 0 Å². The van der Waals surface area contributed by atoms with E-state index in [2.05, 4.69) is 24.1 Å². The van der Waals surface area contributed by atoms with Gasteiger partial charge in [-0.05, 0) is 31.5 Å². The van der Waals surface area contributed by atoms with Gasteiger partial charge >= 0.3 is 0 Å². The predicted molar refractivity (Wildman–Crippen MR) is 61.7 cm³/mol. The Morgan fingerprint density at radius 2 is 2.31 bits per heavy atom. The topological polar surface area (TPSA) is 57.9 Å². The van der Waals surface area contributed by atoms with Crippen molar-refractivity contribution in [1.29, 1.82) is 5.26 Å². The van der Waals surface area contributed by atoms with Crippen molar-refractivity contribution in [1.82, 2.24) is 10.3 Å². The number of pyridine rings is 1. The summed E-state index contributed by atoms with van der Waals surface area (Å²) in [6.45, 7) is 5.49. The number of hydrogen-bond donors (Lipinski definition) is 1. The van der Waals surface area contributed by atoms with Crippen molar-refractivity contribution in [3.63, 3.8) is 0 Å². The molecule has 1 N–H and O–H groups in total. The summed E-state index contributed by atoms with van der Waals surface area (Å²) < 4.78 is 5.11. The lowest BCUT2D eigenvalue weighted by Crippen LogP contribution is -2.42. The summed E-state index contributed by atoms with van der Waals surface area (Å²) in [6, 6.07) is 5.71. The van der Waals surface area contributed by atoms with Gasteiger partial charge in [0.2, 0.25) is 0 Å². The molecule has 0 aliphatic rings. The molecule has 0 unspecified atom stereocenters. The number of nitriles is 1. The molecule has 0 atom stereocenters. The molecule has 1 rings (SSSR count). The van der Waals surface area contributed by atoms with E-state index in [9.17, 15) is 0 Å². The van der Waals surface area contributed by atoms with E-state index in [-0.39, 0.29) is 5.54 Å². The normalized spacial score (nSPS) is 11.1. The number of aromatic nitrogens is 1. The molecule has 0 fully saturated rings. The molecule has 86 valence electrons. The number of methoxy groups -OCH3 is 1. The predicted octanol–water partition coefficient (Wildman–Crippen LogP) is 1.47. The third kappa shape index (κ3) is 3.97. The molecule has 0 bridgehead atoms. The molecular formula is C12H17N3O.